The Hall–Kier alpha value is -3.85. The average molecular weight is 391 g/mol. The molecule has 5 aromatic rings. The predicted octanol–water partition coefficient (Wildman–Crippen LogP) is 5.66. The van der Waals surface area contributed by atoms with Gasteiger partial charge in [0.15, 0.2) is 0 Å². The van der Waals surface area contributed by atoms with Crippen LogP contribution < -0.4 is 5.56 Å². The molecule has 0 saturated carbocycles. The Morgan fingerprint density at radius 3 is 2.23 bits per heavy atom. The van der Waals surface area contributed by atoms with Gasteiger partial charge in [-0.15, -0.1) is 0 Å². The molecule has 5 rings (SSSR count). The van der Waals surface area contributed by atoms with Crippen molar-refractivity contribution in [1.82, 2.24) is 4.57 Å². The second-order valence-corrected chi connectivity index (χ2v) is 7.64. The predicted molar refractivity (Wildman–Crippen MR) is 123 cm³/mol. The Kier molecular flexibility index (Phi) is 4.36. The minimum Gasteiger partial charge on any atom is -0.507 e. The summed E-state index contributed by atoms with van der Waals surface area (Å²) in [6.45, 7) is 0. The van der Waals surface area contributed by atoms with Crippen molar-refractivity contribution in [3.63, 3.8) is 0 Å². The third-order valence-electron chi connectivity index (χ3n) is 5.79. The zero-order valence-electron chi connectivity index (χ0n) is 16.7. The second-order valence-electron chi connectivity index (χ2n) is 7.64. The molecule has 30 heavy (non-hydrogen) atoms. The first-order valence-electron chi connectivity index (χ1n) is 9.99. The van der Waals surface area contributed by atoms with E-state index >= 15 is 0 Å². The standard InChI is InChI=1S/C27H21NO2/c1-28-25-9-5-4-8-23(25)26(29)24(27(28)30)16-18-10-12-20(13-11-18)22-15-14-19-6-2-3-7-21(19)17-22/h2-15,17,29H,16H2,1H3. The molecule has 0 bridgehead atoms. The van der Waals surface area contributed by atoms with Crippen LogP contribution in [-0.2, 0) is 13.5 Å². The molecule has 0 amide bonds. The minimum absolute atomic E-state index is 0.0762. The molecular weight excluding hydrogens is 370 g/mol. The fraction of sp³-hybridized carbons (Fsp3) is 0.0741. The first-order valence-corrected chi connectivity index (χ1v) is 9.99. The molecule has 0 atom stereocenters. The zero-order chi connectivity index (χ0) is 20.7. The summed E-state index contributed by atoms with van der Waals surface area (Å²) in [5.74, 6) is 0.0762. The van der Waals surface area contributed by atoms with Crippen molar-refractivity contribution < 1.29 is 5.11 Å². The molecule has 146 valence electrons. The molecular formula is C27H21NO2. The number of hydrogen-bond acceptors (Lipinski definition) is 2. The van der Waals surface area contributed by atoms with Crippen molar-refractivity contribution in [2.24, 2.45) is 7.05 Å². The number of para-hydroxylation sites is 1. The molecule has 0 aliphatic rings. The van der Waals surface area contributed by atoms with Gasteiger partial charge in [-0.05, 0) is 45.7 Å². The van der Waals surface area contributed by atoms with E-state index in [1.54, 1.807) is 11.6 Å². The zero-order valence-corrected chi connectivity index (χ0v) is 16.7. The van der Waals surface area contributed by atoms with Crippen LogP contribution in [0.1, 0.15) is 11.1 Å². The summed E-state index contributed by atoms with van der Waals surface area (Å²) in [4.78, 5) is 12.8. The van der Waals surface area contributed by atoms with Crippen LogP contribution >= 0.6 is 0 Å². The summed E-state index contributed by atoms with van der Waals surface area (Å²) in [6, 6.07) is 30.4. The van der Waals surface area contributed by atoms with Gasteiger partial charge in [0.05, 0.1) is 11.1 Å². The van der Waals surface area contributed by atoms with Gasteiger partial charge >= 0.3 is 0 Å². The van der Waals surface area contributed by atoms with Crippen LogP contribution in [0.25, 0.3) is 32.8 Å². The maximum absolute atomic E-state index is 12.8. The van der Waals surface area contributed by atoms with Crippen LogP contribution in [0.2, 0.25) is 0 Å². The molecule has 4 aromatic carbocycles. The Morgan fingerprint density at radius 1 is 0.767 bits per heavy atom. The summed E-state index contributed by atoms with van der Waals surface area (Å²) >= 11 is 0. The van der Waals surface area contributed by atoms with Crippen LogP contribution in [0.4, 0.5) is 0 Å². The largest absolute Gasteiger partial charge is 0.507 e. The monoisotopic (exact) mass is 391 g/mol. The smallest absolute Gasteiger partial charge is 0.258 e. The normalized spacial score (nSPS) is 11.2. The van der Waals surface area contributed by atoms with Crippen molar-refractivity contribution in [3.8, 4) is 16.9 Å². The third kappa shape index (κ3) is 3.05. The van der Waals surface area contributed by atoms with Crippen LogP contribution in [-0.4, -0.2) is 9.67 Å². The first-order chi connectivity index (χ1) is 14.6. The topological polar surface area (TPSA) is 42.2 Å². The molecule has 0 fully saturated rings. The van der Waals surface area contributed by atoms with E-state index < -0.39 is 0 Å². The molecule has 0 unspecified atom stereocenters. The lowest BCUT2D eigenvalue weighted by Gasteiger charge is -2.12. The quantitative estimate of drug-likeness (QED) is 0.431. The summed E-state index contributed by atoms with van der Waals surface area (Å²) in [7, 11) is 1.75. The van der Waals surface area contributed by atoms with Crippen LogP contribution in [0.5, 0.6) is 5.75 Å². The maximum Gasteiger partial charge on any atom is 0.258 e. The van der Waals surface area contributed by atoms with E-state index in [0.717, 1.165) is 22.2 Å². The molecule has 1 heterocycles. The van der Waals surface area contributed by atoms with E-state index in [1.807, 2.05) is 48.5 Å². The van der Waals surface area contributed by atoms with Crippen molar-refractivity contribution >= 4 is 21.7 Å². The van der Waals surface area contributed by atoms with Gasteiger partial charge in [0.2, 0.25) is 0 Å². The SMILES string of the molecule is Cn1c(=O)c(Cc2ccc(-c3ccc4ccccc4c3)cc2)c(O)c2ccccc21. The number of aryl methyl sites for hydroxylation is 1. The first kappa shape index (κ1) is 18.2. The molecule has 0 radical (unpaired) electrons. The van der Waals surface area contributed by atoms with E-state index in [0.29, 0.717) is 17.4 Å². The third-order valence-corrected chi connectivity index (χ3v) is 5.79. The number of nitrogens with zero attached hydrogens (tertiary/aromatic N) is 1. The lowest BCUT2D eigenvalue weighted by molar-refractivity contribution is 0.473. The lowest BCUT2D eigenvalue weighted by Crippen LogP contribution is -2.21. The number of aromatic hydroxyl groups is 1. The van der Waals surface area contributed by atoms with Gasteiger partial charge in [0.1, 0.15) is 5.75 Å². The van der Waals surface area contributed by atoms with Gasteiger partial charge < -0.3 is 9.67 Å². The highest BCUT2D eigenvalue weighted by Gasteiger charge is 2.14. The Labute approximate surface area is 174 Å². The number of fused-ring (bicyclic) bond motifs is 2. The molecule has 3 nitrogen and oxygen atoms in total. The van der Waals surface area contributed by atoms with E-state index in [4.69, 9.17) is 0 Å². The average Bonchev–Trinajstić information content (AvgIpc) is 2.80. The van der Waals surface area contributed by atoms with Crippen molar-refractivity contribution in [2.75, 3.05) is 0 Å². The highest BCUT2D eigenvalue weighted by atomic mass is 16.3. The van der Waals surface area contributed by atoms with Gasteiger partial charge in [-0.2, -0.15) is 0 Å². The minimum atomic E-state index is -0.162. The molecule has 0 aliphatic heterocycles. The van der Waals surface area contributed by atoms with Crippen LogP contribution in [0, 0.1) is 0 Å². The summed E-state index contributed by atoms with van der Waals surface area (Å²) in [5.41, 5.74) is 4.27. The fourth-order valence-corrected chi connectivity index (χ4v) is 4.09. The van der Waals surface area contributed by atoms with E-state index in [2.05, 4.69) is 42.5 Å². The maximum atomic E-state index is 12.8. The number of aromatic nitrogens is 1. The van der Waals surface area contributed by atoms with Gasteiger partial charge in [0, 0.05) is 18.9 Å². The molecule has 0 spiro atoms. The molecule has 3 heteroatoms. The molecule has 1 N–H and O–H groups in total. The number of benzene rings is 4. The van der Waals surface area contributed by atoms with E-state index in [1.165, 1.54) is 10.8 Å². The van der Waals surface area contributed by atoms with Crippen molar-refractivity contribution in [2.45, 2.75) is 6.42 Å². The van der Waals surface area contributed by atoms with E-state index in [9.17, 15) is 9.90 Å². The summed E-state index contributed by atoms with van der Waals surface area (Å²) in [6.07, 6.45) is 0.390. The highest BCUT2D eigenvalue weighted by Crippen LogP contribution is 2.29. The lowest BCUT2D eigenvalue weighted by atomic mass is 9.98. The Bertz CT molecular complexity index is 1450. The fourth-order valence-electron chi connectivity index (χ4n) is 4.09. The summed E-state index contributed by atoms with van der Waals surface area (Å²) in [5, 5.41) is 13.9. The summed E-state index contributed by atoms with van der Waals surface area (Å²) < 4.78 is 1.60. The highest BCUT2D eigenvalue weighted by molar-refractivity contribution is 5.88. The molecule has 0 saturated heterocycles. The van der Waals surface area contributed by atoms with Gasteiger partial charge in [-0.3, -0.25) is 4.79 Å². The number of rotatable bonds is 3. The van der Waals surface area contributed by atoms with Gasteiger partial charge in [-0.25, -0.2) is 0 Å². The van der Waals surface area contributed by atoms with E-state index in [-0.39, 0.29) is 11.3 Å². The van der Waals surface area contributed by atoms with Crippen LogP contribution in [0.3, 0.4) is 0 Å². The van der Waals surface area contributed by atoms with Gasteiger partial charge in [0.25, 0.3) is 5.56 Å². The Balaban J connectivity index is 1.50. The number of pyridine rings is 1. The van der Waals surface area contributed by atoms with Crippen molar-refractivity contribution in [3.05, 3.63) is 112 Å². The van der Waals surface area contributed by atoms with Gasteiger partial charge in [-0.1, -0.05) is 72.8 Å². The molecule has 0 aliphatic carbocycles. The van der Waals surface area contributed by atoms with Crippen LogP contribution in [0.15, 0.2) is 95.8 Å². The van der Waals surface area contributed by atoms with Crippen molar-refractivity contribution in [1.29, 1.82) is 0 Å². The Morgan fingerprint density at radius 2 is 1.43 bits per heavy atom. The second kappa shape index (κ2) is 7.20. The number of hydrogen-bond donors (Lipinski definition) is 1. The molecule has 1 aromatic heterocycles.